The highest BCUT2D eigenvalue weighted by atomic mass is 16.5. The lowest BCUT2D eigenvalue weighted by Gasteiger charge is -2.52. The van der Waals surface area contributed by atoms with Crippen molar-refractivity contribution in [3.05, 3.63) is 143 Å². The zero-order chi connectivity index (χ0) is 30.0. The van der Waals surface area contributed by atoms with E-state index in [2.05, 4.69) is 10.5 Å². The van der Waals surface area contributed by atoms with Crippen molar-refractivity contribution >= 4 is 40.4 Å². The number of methoxy groups -OCH3 is 1. The van der Waals surface area contributed by atoms with E-state index in [-0.39, 0.29) is 17.7 Å². The standard InChI is InChI=1S/C37H27N3O4/c1-44-24-13-8-12-23(20-24)34(41)39-38-21-37-28-17-6-4-15-26(28)31(27-16-5-7-18-29(27)37)32-33(37)36(43)40(35(32)42)30-19-9-11-22-10-2-3-14-25(22)30/h2-21,31-33H,1H3,(H,39,41)/b38-21-/t31?,32-,33+,37?/m0/s1. The highest BCUT2D eigenvalue weighted by Gasteiger charge is 2.68. The van der Waals surface area contributed by atoms with Gasteiger partial charge in [-0.2, -0.15) is 5.10 Å². The van der Waals surface area contributed by atoms with Crippen molar-refractivity contribution in [2.75, 3.05) is 12.0 Å². The summed E-state index contributed by atoms with van der Waals surface area (Å²) >= 11 is 0. The molecule has 214 valence electrons. The van der Waals surface area contributed by atoms with Crippen LogP contribution in [0.1, 0.15) is 38.5 Å². The lowest BCUT2D eigenvalue weighted by atomic mass is 9.47. The van der Waals surface area contributed by atoms with E-state index in [0.717, 1.165) is 33.0 Å². The number of benzene rings is 5. The smallest absolute Gasteiger partial charge is 0.271 e. The molecule has 1 N–H and O–H groups in total. The van der Waals surface area contributed by atoms with E-state index in [9.17, 15) is 14.4 Å². The SMILES string of the molecule is COc1cccc(C(=O)N/N=C\C23c4ccccc4C(c4ccccc42)[C@@H]2C(=O)N(c4cccc5ccccc45)C(=O)[C@@H]23)c1. The topological polar surface area (TPSA) is 88.1 Å². The normalized spacial score (nSPS) is 23.0. The summed E-state index contributed by atoms with van der Waals surface area (Å²) in [5.74, 6) is -2.01. The summed E-state index contributed by atoms with van der Waals surface area (Å²) < 4.78 is 5.27. The number of hydrogen-bond acceptors (Lipinski definition) is 5. The Morgan fingerprint density at radius 1 is 0.818 bits per heavy atom. The van der Waals surface area contributed by atoms with Crippen molar-refractivity contribution in [3.63, 3.8) is 0 Å². The minimum atomic E-state index is -1.08. The van der Waals surface area contributed by atoms with Gasteiger partial charge in [0.15, 0.2) is 0 Å². The summed E-state index contributed by atoms with van der Waals surface area (Å²) in [6.45, 7) is 0. The Bertz CT molecular complexity index is 2000. The number of imide groups is 1. The molecule has 2 atom stereocenters. The van der Waals surface area contributed by atoms with Gasteiger partial charge in [-0.1, -0.05) is 91.0 Å². The van der Waals surface area contributed by atoms with Gasteiger partial charge in [0, 0.05) is 23.1 Å². The molecule has 0 aromatic heterocycles. The van der Waals surface area contributed by atoms with Crippen molar-refractivity contribution in [1.82, 2.24) is 5.43 Å². The number of amides is 3. The van der Waals surface area contributed by atoms with Crippen LogP contribution in [0.15, 0.2) is 120 Å². The number of fused-ring (bicyclic) bond motifs is 1. The number of nitrogens with one attached hydrogen (secondary N) is 1. The molecular weight excluding hydrogens is 550 g/mol. The Morgan fingerprint density at radius 2 is 1.48 bits per heavy atom. The number of carbonyl (C=O) groups excluding carboxylic acids is 3. The fraction of sp³-hybridized carbons (Fsp3) is 0.135. The van der Waals surface area contributed by atoms with Crippen LogP contribution in [-0.4, -0.2) is 31.0 Å². The summed E-state index contributed by atoms with van der Waals surface area (Å²) in [5.41, 5.74) is 6.40. The molecule has 5 aromatic carbocycles. The van der Waals surface area contributed by atoms with Gasteiger partial charge in [0.2, 0.25) is 11.8 Å². The third-order valence-electron chi connectivity index (χ3n) is 9.46. The molecule has 0 saturated carbocycles. The number of rotatable bonds is 5. The number of hydrazone groups is 1. The van der Waals surface area contributed by atoms with Gasteiger partial charge in [0.1, 0.15) is 5.75 Å². The zero-order valence-electron chi connectivity index (χ0n) is 23.8. The van der Waals surface area contributed by atoms with Crippen molar-refractivity contribution in [3.8, 4) is 5.75 Å². The predicted octanol–water partition coefficient (Wildman–Crippen LogP) is 5.82. The summed E-state index contributed by atoms with van der Waals surface area (Å²) in [7, 11) is 1.54. The van der Waals surface area contributed by atoms with Gasteiger partial charge in [-0.3, -0.25) is 14.4 Å². The van der Waals surface area contributed by atoms with E-state index in [1.165, 1.54) is 4.90 Å². The van der Waals surface area contributed by atoms with Crippen molar-refractivity contribution < 1.29 is 19.1 Å². The molecule has 3 aliphatic carbocycles. The van der Waals surface area contributed by atoms with Crippen LogP contribution in [0.3, 0.4) is 0 Å². The summed E-state index contributed by atoms with van der Waals surface area (Å²) in [4.78, 5) is 43.8. The first-order valence-corrected chi connectivity index (χ1v) is 14.6. The maximum absolute atomic E-state index is 14.7. The van der Waals surface area contributed by atoms with Crippen molar-refractivity contribution in [2.45, 2.75) is 11.3 Å². The molecule has 1 saturated heterocycles. The lowest BCUT2D eigenvalue weighted by Crippen LogP contribution is -2.54. The molecule has 5 aromatic rings. The van der Waals surface area contributed by atoms with Gasteiger partial charge >= 0.3 is 0 Å². The van der Waals surface area contributed by atoms with Crippen LogP contribution in [0.2, 0.25) is 0 Å². The van der Waals surface area contributed by atoms with Crippen molar-refractivity contribution in [2.24, 2.45) is 16.9 Å². The second kappa shape index (κ2) is 9.74. The first-order chi connectivity index (χ1) is 21.5. The molecular formula is C37H27N3O4. The monoisotopic (exact) mass is 577 g/mol. The van der Waals surface area contributed by atoms with Gasteiger partial charge in [0.25, 0.3) is 5.91 Å². The third-order valence-corrected chi connectivity index (χ3v) is 9.46. The highest BCUT2D eigenvalue weighted by Crippen LogP contribution is 2.63. The quantitative estimate of drug-likeness (QED) is 0.162. The Hall–Kier alpha value is -5.56. The molecule has 44 heavy (non-hydrogen) atoms. The van der Waals surface area contributed by atoms with Crippen LogP contribution < -0.4 is 15.1 Å². The second-order valence-electron chi connectivity index (χ2n) is 11.5. The molecule has 9 rings (SSSR count). The molecule has 1 aliphatic heterocycles. The van der Waals surface area contributed by atoms with E-state index >= 15 is 0 Å². The number of nitrogens with zero attached hydrogens (tertiary/aromatic N) is 2. The molecule has 3 amide bonds. The van der Waals surface area contributed by atoms with E-state index < -0.39 is 23.2 Å². The van der Waals surface area contributed by atoms with Crippen LogP contribution in [0.25, 0.3) is 10.8 Å². The maximum Gasteiger partial charge on any atom is 0.271 e. The largest absolute Gasteiger partial charge is 0.497 e. The molecule has 1 heterocycles. The van der Waals surface area contributed by atoms with Crippen molar-refractivity contribution in [1.29, 1.82) is 0 Å². The first kappa shape index (κ1) is 26.1. The fourth-order valence-corrected chi connectivity index (χ4v) is 7.71. The zero-order valence-corrected chi connectivity index (χ0v) is 23.8. The van der Waals surface area contributed by atoms with Crippen LogP contribution in [0.4, 0.5) is 5.69 Å². The second-order valence-corrected chi connectivity index (χ2v) is 11.5. The summed E-state index contributed by atoms with van der Waals surface area (Å²) in [6.07, 6.45) is 1.67. The van der Waals surface area contributed by atoms with E-state index in [1.807, 2.05) is 91.0 Å². The van der Waals surface area contributed by atoms with Gasteiger partial charge in [-0.25, -0.2) is 10.3 Å². The summed E-state index contributed by atoms with van der Waals surface area (Å²) in [5, 5.41) is 6.30. The van der Waals surface area contributed by atoms with E-state index in [0.29, 0.717) is 17.0 Å². The third kappa shape index (κ3) is 3.49. The molecule has 0 unspecified atom stereocenters. The van der Waals surface area contributed by atoms with E-state index in [4.69, 9.17) is 4.74 Å². The lowest BCUT2D eigenvalue weighted by molar-refractivity contribution is -0.122. The predicted molar refractivity (Wildman–Crippen MR) is 168 cm³/mol. The maximum atomic E-state index is 14.7. The molecule has 4 aliphatic rings. The Kier molecular flexibility index (Phi) is 5.78. The number of hydrogen-bond donors (Lipinski definition) is 1. The van der Waals surface area contributed by atoms with Gasteiger partial charge in [-0.05, 0) is 51.9 Å². The Morgan fingerprint density at radius 3 is 2.23 bits per heavy atom. The van der Waals surface area contributed by atoms with Crippen LogP contribution in [0, 0.1) is 11.8 Å². The van der Waals surface area contributed by atoms with Gasteiger partial charge in [0.05, 0.1) is 30.0 Å². The average Bonchev–Trinajstić information content (AvgIpc) is 3.34. The fourth-order valence-electron chi connectivity index (χ4n) is 7.71. The van der Waals surface area contributed by atoms with Crippen LogP contribution >= 0.6 is 0 Å². The van der Waals surface area contributed by atoms with Gasteiger partial charge in [-0.15, -0.1) is 0 Å². The molecule has 2 bridgehead atoms. The minimum Gasteiger partial charge on any atom is -0.497 e. The van der Waals surface area contributed by atoms with Crippen LogP contribution in [-0.2, 0) is 15.0 Å². The Labute approximate surface area is 253 Å². The first-order valence-electron chi connectivity index (χ1n) is 14.6. The molecule has 0 radical (unpaired) electrons. The van der Waals surface area contributed by atoms with E-state index in [1.54, 1.807) is 37.6 Å². The highest BCUT2D eigenvalue weighted by molar-refractivity contribution is 6.27. The molecule has 7 nitrogen and oxygen atoms in total. The number of ether oxygens (including phenoxy) is 1. The molecule has 7 heteroatoms. The molecule has 0 spiro atoms. The van der Waals surface area contributed by atoms with Gasteiger partial charge < -0.3 is 4.74 Å². The number of carbonyl (C=O) groups is 3. The minimum absolute atomic E-state index is 0.219. The number of anilines is 1. The van der Waals surface area contributed by atoms with Crippen LogP contribution in [0.5, 0.6) is 5.75 Å². The summed E-state index contributed by atoms with van der Waals surface area (Å²) in [6, 6.07) is 36.2. The Balaban J connectivity index is 1.30. The average molecular weight is 578 g/mol. The molecule has 1 fully saturated rings.